The summed E-state index contributed by atoms with van der Waals surface area (Å²) >= 11 is 3.31. The van der Waals surface area contributed by atoms with Gasteiger partial charge in [-0.2, -0.15) is 0 Å². The number of aliphatic hydroxyl groups excluding tert-OH is 1. The highest BCUT2D eigenvalue weighted by Gasteiger charge is 2.20. The van der Waals surface area contributed by atoms with E-state index in [1.165, 1.54) is 0 Å². The number of nitrogens with zero attached hydrogens (tertiary/aromatic N) is 1. The van der Waals surface area contributed by atoms with Crippen molar-refractivity contribution in [2.75, 3.05) is 18.9 Å². The lowest BCUT2D eigenvalue weighted by atomic mass is 10.1. The van der Waals surface area contributed by atoms with Crippen LogP contribution >= 0.6 is 15.9 Å². The SMILES string of the molecule is CC(C)N(CCO)C(=O)c1cc(Br)ccc1N. The smallest absolute Gasteiger partial charge is 0.256 e. The van der Waals surface area contributed by atoms with Crippen molar-refractivity contribution in [1.29, 1.82) is 0 Å². The molecule has 0 fully saturated rings. The average molecular weight is 301 g/mol. The van der Waals surface area contributed by atoms with E-state index >= 15 is 0 Å². The summed E-state index contributed by atoms with van der Waals surface area (Å²) in [7, 11) is 0. The molecule has 0 aliphatic carbocycles. The first kappa shape index (κ1) is 14.0. The average Bonchev–Trinajstić information content (AvgIpc) is 2.28. The second-order valence-corrected chi connectivity index (χ2v) is 4.96. The van der Waals surface area contributed by atoms with E-state index in [1.807, 2.05) is 13.8 Å². The normalized spacial score (nSPS) is 10.6. The van der Waals surface area contributed by atoms with Gasteiger partial charge >= 0.3 is 0 Å². The first-order valence-corrected chi connectivity index (χ1v) is 6.23. The zero-order chi connectivity index (χ0) is 13.0. The van der Waals surface area contributed by atoms with E-state index in [9.17, 15) is 4.79 Å². The molecule has 94 valence electrons. The van der Waals surface area contributed by atoms with E-state index in [2.05, 4.69) is 15.9 Å². The van der Waals surface area contributed by atoms with Crippen molar-refractivity contribution in [3.8, 4) is 0 Å². The number of carbonyl (C=O) groups excluding carboxylic acids is 1. The zero-order valence-electron chi connectivity index (χ0n) is 9.98. The number of anilines is 1. The van der Waals surface area contributed by atoms with Gasteiger partial charge in [-0.15, -0.1) is 0 Å². The Morgan fingerprint density at radius 2 is 2.18 bits per heavy atom. The third-order valence-electron chi connectivity index (χ3n) is 2.47. The van der Waals surface area contributed by atoms with Crippen LogP contribution in [0.1, 0.15) is 24.2 Å². The third-order valence-corrected chi connectivity index (χ3v) is 2.96. The van der Waals surface area contributed by atoms with E-state index in [4.69, 9.17) is 10.8 Å². The van der Waals surface area contributed by atoms with Gasteiger partial charge in [0.1, 0.15) is 0 Å². The number of aliphatic hydroxyl groups is 1. The molecule has 1 aromatic carbocycles. The van der Waals surface area contributed by atoms with Crippen LogP contribution in [0, 0.1) is 0 Å². The molecule has 0 aliphatic rings. The van der Waals surface area contributed by atoms with Gasteiger partial charge in [-0.1, -0.05) is 15.9 Å². The maximum Gasteiger partial charge on any atom is 0.256 e. The van der Waals surface area contributed by atoms with E-state index in [0.717, 1.165) is 4.47 Å². The zero-order valence-corrected chi connectivity index (χ0v) is 11.6. The van der Waals surface area contributed by atoms with Gasteiger partial charge in [-0.3, -0.25) is 4.79 Å². The largest absolute Gasteiger partial charge is 0.398 e. The third kappa shape index (κ3) is 3.44. The minimum Gasteiger partial charge on any atom is -0.398 e. The summed E-state index contributed by atoms with van der Waals surface area (Å²) < 4.78 is 0.808. The molecule has 5 heteroatoms. The van der Waals surface area contributed by atoms with Crippen LogP contribution in [0.3, 0.4) is 0 Å². The molecule has 3 N–H and O–H groups in total. The molecule has 0 saturated heterocycles. The quantitative estimate of drug-likeness (QED) is 0.834. The number of nitrogens with two attached hydrogens (primary N) is 1. The molecule has 1 amide bonds. The van der Waals surface area contributed by atoms with Crippen molar-refractivity contribution in [1.82, 2.24) is 4.90 Å². The fourth-order valence-electron chi connectivity index (χ4n) is 1.57. The maximum atomic E-state index is 12.3. The summed E-state index contributed by atoms with van der Waals surface area (Å²) in [6.45, 7) is 4.06. The van der Waals surface area contributed by atoms with E-state index in [-0.39, 0.29) is 18.6 Å². The second-order valence-electron chi connectivity index (χ2n) is 4.05. The highest BCUT2D eigenvalue weighted by Crippen LogP contribution is 2.20. The van der Waals surface area contributed by atoms with Gasteiger partial charge in [0, 0.05) is 22.7 Å². The van der Waals surface area contributed by atoms with Crippen LogP contribution in [-0.4, -0.2) is 35.1 Å². The standard InChI is InChI=1S/C12H17BrN2O2/c1-8(2)15(5-6-16)12(17)10-7-9(13)3-4-11(10)14/h3-4,7-8,16H,5-6,14H2,1-2H3. The number of rotatable bonds is 4. The van der Waals surface area contributed by atoms with Crippen LogP contribution in [0.2, 0.25) is 0 Å². The number of amides is 1. The van der Waals surface area contributed by atoms with Crippen LogP contribution in [0.5, 0.6) is 0 Å². The number of nitrogen functional groups attached to an aromatic ring is 1. The summed E-state index contributed by atoms with van der Waals surface area (Å²) in [4.78, 5) is 13.9. The van der Waals surface area contributed by atoms with Gasteiger partial charge in [0.15, 0.2) is 0 Å². The van der Waals surface area contributed by atoms with Crippen molar-refractivity contribution in [3.63, 3.8) is 0 Å². The number of carbonyl (C=O) groups is 1. The lowest BCUT2D eigenvalue weighted by molar-refractivity contribution is 0.0666. The van der Waals surface area contributed by atoms with Crippen LogP contribution in [0.25, 0.3) is 0 Å². The molecule has 0 radical (unpaired) electrons. The summed E-state index contributed by atoms with van der Waals surface area (Å²) in [6.07, 6.45) is 0. The molecule has 0 atom stereocenters. The van der Waals surface area contributed by atoms with Crippen LogP contribution in [-0.2, 0) is 0 Å². The molecule has 0 heterocycles. The Morgan fingerprint density at radius 3 is 2.71 bits per heavy atom. The fourth-order valence-corrected chi connectivity index (χ4v) is 1.93. The molecule has 0 aliphatic heterocycles. The summed E-state index contributed by atoms with van der Waals surface area (Å²) in [5, 5.41) is 8.97. The summed E-state index contributed by atoms with van der Waals surface area (Å²) in [5.74, 6) is -0.159. The lowest BCUT2D eigenvalue weighted by Gasteiger charge is -2.26. The van der Waals surface area contributed by atoms with Crippen molar-refractivity contribution in [3.05, 3.63) is 28.2 Å². The molecule has 4 nitrogen and oxygen atoms in total. The Kier molecular flexibility index (Phi) is 4.96. The minimum atomic E-state index is -0.159. The topological polar surface area (TPSA) is 66.6 Å². The van der Waals surface area contributed by atoms with Crippen molar-refractivity contribution >= 4 is 27.5 Å². The first-order chi connectivity index (χ1) is 7.97. The minimum absolute atomic E-state index is 0.0213. The Bertz CT molecular complexity index is 407. The predicted molar refractivity (Wildman–Crippen MR) is 71.8 cm³/mol. The van der Waals surface area contributed by atoms with Crippen molar-refractivity contribution < 1.29 is 9.90 Å². The Hall–Kier alpha value is -1.07. The highest BCUT2D eigenvalue weighted by atomic mass is 79.9. The second kappa shape index (κ2) is 6.02. The number of hydrogen-bond acceptors (Lipinski definition) is 3. The van der Waals surface area contributed by atoms with Crippen LogP contribution < -0.4 is 5.73 Å². The van der Waals surface area contributed by atoms with Crippen LogP contribution in [0.15, 0.2) is 22.7 Å². The van der Waals surface area contributed by atoms with E-state index < -0.39 is 0 Å². The predicted octanol–water partition coefficient (Wildman–Crippen LogP) is 1.87. The lowest BCUT2D eigenvalue weighted by Crippen LogP contribution is -2.39. The Morgan fingerprint density at radius 1 is 1.53 bits per heavy atom. The molecular formula is C12H17BrN2O2. The number of halogens is 1. The monoisotopic (exact) mass is 300 g/mol. The Labute approximate surface area is 110 Å². The van der Waals surface area contributed by atoms with Gasteiger partial charge in [-0.05, 0) is 32.0 Å². The molecule has 17 heavy (non-hydrogen) atoms. The molecule has 0 aromatic heterocycles. The van der Waals surface area contributed by atoms with Crippen molar-refractivity contribution in [2.45, 2.75) is 19.9 Å². The maximum absolute atomic E-state index is 12.3. The Balaban J connectivity index is 3.04. The highest BCUT2D eigenvalue weighted by molar-refractivity contribution is 9.10. The summed E-state index contributed by atoms with van der Waals surface area (Å²) in [5.41, 5.74) is 6.70. The van der Waals surface area contributed by atoms with Crippen molar-refractivity contribution in [2.24, 2.45) is 0 Å². The van der Waals surface area contributed by atoms with Crippen LogP contribution in [0.4, 0.5) is 5.69 Å². The molecule has 0 bridgehead atoms. The number of benzene rings is 1. The van der Waals surface area contributed by atoms with E-state index in [0.29, 0.717) is 17.8 Å². The fraction of sp³-hybridized carbons (Fsp3) is 0.417. The number of hydrogen-bond donors (Lipinski definition) is 2. The molecule has 0 spiro atoms. The van der Waals surface area contributed by atoms with Gasteiger partial charge in [0.05, 0.1) is 12.2 Å². The molecule has 0 saturated carbocycles. The van der Waals surface area contributed by atoms with E-state index in [1.54, 1.807) is 23.1 Å². The van der Waals surface area contributed by atoms with Gasteiger partial charge in [0.25, 0.3) is 5.91 Å². The molecule has 1 aromatic rings. The first-order valence-electron chi connectivity index (χ1n) is 5.44. The summed E-state index contributed by atoms with van der Waals surface area (Å²) in [6, 6.07) is 5.20. The van der Waals surface area contributed by atoms with Gasteiger partial charge in [0.2, 0.25) is 0 Å². The molecular weight excluding hydrogens is 284 g/mol. The van der Waals surface area contributed by atoms with Gasteiger partial charge < -0.3 is 15.7 Å². The molecule has 0 unspecified atom stereocenters. The van der Waals surface area contributed by atoms with Gasteiger partial charge in [-0.25, -0.2) is 0 Å². The molecule has 1 rings (SSSR count).